The lowest BCUT2D eigenvalue weighted by Crippen LogP contribution is -2.68. The van der Waals surface area contributed by atoms with Crippen LogP contribution in [0.5, 0.6) is 0 Å². The molecule has 0 aromatic carbocycles. The van der Waals surface area contributed by atoms with Crippen molar-refractivity contribution in [3.63, 3.8) is 0 Å². The van der Waals surface area contributed by atoms with Crippen molar-refractivity contribution in [2.24, 2.45) is 0 Å². The largest absolute Gasteiger partial charge is 0.394 e. The molecule has 362 valence electrons. The van der Waals surface area contributed by atoms with Gasteiger partial charge in [0.15, 0.2) is 25.2 Å². The normalized spacial score (nSPS) is 43.6. The maximum absolute atomic E-state index is 12.2. The van der Waals surface area contributed by atoms with E-state index in [1.54, 1.807) is 0 Å². The minimum atomic E-state index is -2.29. The summed E-state index contributed by atoms with van der Waals surface area (Å²) in [6, 6.07) is -3.14. The van der Waals surface area contributed by atoms with Gasteiger partial charge in [-0.2, -0.15) is 0 Å². The van der Waals surface area contributed by atoms with Crippen LogP contribution in [-0.4, -0.2) is 280 Å². The fourth-order valence-corrected chi connectivity index (χ4v) is 7.33. The maximum atomic E-state index is 12.2. The summed E-state index contributed by atoms with van der Waals surface area (Å²) in [4.78, 5) is 24.1. The lowest BCUT2D eigenvalue weighted by Gasteiger charge is -2.49. The van der Waals surface area contributed by atoms with Crippen molar-refractivity contribution in [3.05, 3.63) is 0 Å². The molecule has 4 fully saturated rings. The van der Waals surface area contributed by atoms with Crippen LogP contribution in [0.1, 0.15) is 13.8 Å². The molecule has 24 atom stereocenters. The zero-order chi connectivity index (χ0) is 46.3. The summed E-state index contributed by atoms with van der Waals surface area (Å²) < 4.78 is 45.1. The number of aliphatic hydroxyl groups excluding tert-OH is 16. The average molecular weight is 913 g/mol. The Hall–Kier alpha value is -2.02. The molecule has 0 saturated carbocycles. The molecule has 28 heteroatoms. The second-order valence-electron chi connectivity index (χ2n) is 15.2. The lowest BCUT2D eigenvalue weighted by atomic mass is 9.95. The van der Waals surface area contributed by atoms with Crippen LogP contribution >= 0.6 is 0 Å². The van der Waals surface area contributed by atoms with Crippen LogP contribution < -0.4 is 10.6 Å². The molecule has 0 aromatic heterocycles. The van der Waals surface area contributed by atoms with Crippen LogP contribution in [0, 0.1) is 0 Å². The van der Waals surface area contributed by atoms with E-state index in [-0.39, 0.29) is 0 Å². The van der Waals surface area contributed by atoms with Crippen molar-refractivity contribution >= 4 is 11.8 Å². The van der Waals surface area contributed by atoms with Gasteiger partial charge in [0.25, 0.3) is 0 Å². The molecule has 28 nitrogen and oxygen atoms in total. The van der Waals surface area contributed by atoms with Crippen molar-refractivity contribution in [3.8, 4) is 0 Å². The molecule has 0 radical (unpaired) electrons. The number of hydrogen-bond donors (Lipinski definition) is 18. The Labute approximate surface area is 352 Å². The summed E-state index contributed by atoms with van der Waals surface area (Å²) in [5.74, 6) is -1.53. The predicted molar refractivity (Wildman–Crippen MR) is 192 cm³/mol. The zero-order valence-electron chi connectivity index (χ0n) is 33.3. The van der Waals surface area contributed by atoms with Gasteiger partial charge in [0, 0.05) is 13.8 Å². The summed E-state index contributed by atoms with van der Waals surface area (Å²) in [6.07, 6.45) is -42.3. The fourth-order valence-electron chi connectivity index (χ4n) is 7.33. The third-order valence-corrected chi connectivity index (χ3v) is 10.8. The van der Waals surface area contributed by atoms with Gasteiger partial charge in [-0.1, -0.05) is 0 Å². The second kappa shape index (κ2) is 23.4. The molecule has 2 amide bonds. The van der Waals surface area contributed by atoms with Gasteiger partial charge < -0.3 is 130 Å². The lowest BCUT2D eigenvalue weighted by molar-refractivity contribution is -0.392. The Kier molecular flexibility index (Phi) is 19.9. The average Bonchev–Trinajstić information content (AvgIpc) is 3.24. The van der Waals surface area contributed by atoms with E-state index in [0.717, 1.165) is 13.8 Å². The highest BCUT2D eigenvalue weighted by Gasteiger charge is 2.56. The minimum Gasteiger partial charge on any atom is -0.394 e. The monoisotopic (exact) mass is 912 g/mol. The number of nitrogens with one attached hydrogen (secondary N) is 2. The summed E-state index contributed by atoms with van der Waals surface area (Å²) in [7, 11) is 0. The van der Waals surface area contributed by atoms with E-state index >= 15 is 0 Å². The van der Waals surface area contributed by atoms with Gasteiger partial charge in [-0.25, -0.2) is 0 Å². The Morgan fingerprint density at radius 2 is 1.00 bits per heavy atom. The molecule has 4 aliphatic rings. The quantitative estimate of drug-likeness (QED) is 0.0572. The first-order chi connectivity index (χ1) is 29.2. The van der Waals surface area contributed by atoms with Gasteiger partial charge in [-0.15, -0.1) is 0 Å². The van der Waals surface area contributed by atoms with Gasteiger partial charge in [0.2, 0.25) is 11.8 Å². The van der Waals surface area contributed by atoms with E-state index in [1.165, 1.54) is 0 Å². The van der Waals surface area contributed by atoms with Gasteiger partial charge in [0.05, 0.1) is 45.7 Å². The smallest absolute Gasteiger partial charge is 0.217 e. The molecule has 0 spiro atoms. The first-order valence-electron chi connectivity index (χ1n) is 19.5. The molecular formula is C34H60N2O26. The Morgan fingerprint density at radius 1 is 0.548 bits per heavy atom. The third kappa shape index (κ3) is 12.1. The van der Waals surface area contributed by atoms with Gasteiger partial charge in [-0.05, 0) is 0 Å². The molecule has 18 N–H and O–H groups in total. The molecule has 0 aliphatic carbocycles. The number of amides is 2. The van der Waals surface area contributed by atoms with E-state index in [9.17, 15) is 91.3 Å². The number of ether oxygens (including phenoxy) is 8. The van der Waals surface area contributed by atoms with Crippen molar-refractivity contribution in [1.82, 2.24) is 10.6 Å². The molecule has 4 aliphatic heterocycles. The molecule has 4 saturated heterocycles. The topological polar surface area (TPSA) is 456 Å². The summed E-state index contributed by atoms with van der Waals surface area (Å²) >= 11 is 0. The van der Waals surface area contributed by atoms with Crippen LogP contribution in [0.2, 0.25) is 0 Å². The molecule has 4 heterocycles. The standard InChI is InChI=1S/C34H60N2O26/c1-9(42)35-11(3-37)28(18(45)12(44)8-55-31-17(36-10(2)43)22(49)19(46)13(4-38)56-31)60-34-27(54)30(62-33-26(53)24(51)21(48)15(6-40)58-33)29(16(7-41)59-34)61-32-25(52)23(50)20(47)14(5-39)57-32/h11-34,37-41,44-54H,3-8H2,1-2H3,(H,35,42)(H,36,43)/t11-,12+,13+,14+,15+,16+,17+,18-,19+,20-,21-,22+,23-,24-,25+,26+,27+,28+,29-,30+,31+,32-,33-,34-/m0/s1. The van der Waals surface area contributed by atoms with Crippen LogP contribution in [0.4, 0.5) is 0 Å². The summed E-state index contributed by atoms with van der Waals surface area (Å²) in [6.45, 7) is -3.66. The number of carbonyl (C=O) groups excluding carboxylic acids is 2. The number of carbonyl (C=O) groups is 2. The number of hydrogen-bond acceptors (Lipinski definition) is 26. The third-order valence-electron chi connectivity index (χ3n) is 10.8. The Balaban J connectivity index is 1.66. The molecule has 62 heavy (non-hydrogen) atoms. The highest BCUT2D eigenvalue weighted by Crippen LogP contribution is 2.35. The van der Waals surface area contributed by atoms with Crippen LogP contribution in [-0.2, 0) is 47.5 Å². The highest BCUT2D eigenvalue weighted by molar-refractivity contribution is 5.73. The first kappa shape index (κ1) is 52.6. The van der Waals surface area contributed by atoms with E-state index < -0.39 is 199 Å². The van der Waals surface area contributed by atoms with Gasteiger partial charge in [-0.3, -0.25) is 9.59 Å². The van der Waals surface area contributed by atoms with E-state index in [1.807, 2.05) is 0 Å². The first-order valence-corrected chi connectivity index (χ1v) is 19.5. The van der Waals surface area contributed by atoms with Crippen molar-refractivity contribution < 1.29 is 129 Å². The Bertz CT molecular complexity index is 1390. The summed E-state index contributed by atoms with van der Waals surface area (Å²) in [5.41, 5.74) is 0. The van der Waals surface area contributed by atoms with Crippen molar-refractivity contribution in [1.29, 1.82) is 0 Å². The van der Waals surface area contributed by atoms with Crippen molar-refractivity contribution in [2.45, 2.75) is 161 Å². The van der Waals surface area contributed by atoms with Crippen LogP contribution in [0.3, 0.4) is 0 Å². The SMILES string of the molecule is CC(=O)N[C@H]1[C@H](OC[C@@H](O)[C@H](O)[C@H](O[C@@H]2O[C@H](CO)[C@H](O[C@@H]3O[C@H](CO)[C@H](O)[C@H](O)[C@H]3O)[C@H](O[C@@H]3O[C@H](CO)[C@H](O)[C@H](O)[C@H]3O)[C@H]2O)[C@H](CO)NC(C)=O)O[C@H](CO)[C@@H](O)[C@@H]1O. The Morgan fingerprint density at radius 3 is 1.45 bits per heavy atom. The summed E-state index contributed by atoms with van der Waals surface area (Å²) in [5, 5.41) is 173. The molecular weight excluding hydrogens is 852 g/mol. The molecule has 4 rings (SSSR count). The zero-order valence-corrected chi connectivity index (χ0v) is 33.3. The molecule has 0 bridgehead atoms. The van der Waals surface area contributed by atoms with Crippen LogP contribution in [0.15, 0.2) is 0 Å². The highest BCUT2D eigenvalue weighted by atomic mass is 16.8. The number of aliphatic hydroxyl groups is 16. The van der Waals surface area contributed by atoms with Gasteiger partial charge in [0.1, 0.15) is 116 Å². The second-order valence-corrected chi connectivity index (χ2v) is 15.2. The van der Waals surface area contributed by atoms with Crippen LogP contribution in [0.25, 0.3) is 0 Å². The predicted octanol–water partition coefficient (Wildman–Crippen LogP) is -12.0. The minimum absolute atomic E-state index is 0.710. The van der Waals surface area contributed by atoms with E-state index in [0.29, 0.717) is 0 Å². The van der Waals surface area contributed by atoms with E-state index in [2.05, 4.69) is 10.6 Å². The van der Waals surface area contributed by atoms with E-state index in [4.69, 9.17) is 37.9 Å². The molecule has 0 aromatic rings. The number of rotatable bonds is 19. The molecule has 0 unspecified atom stereocenters. The van der Waals surface area contributed by atoms with Crippen molar-refractivity contribution in [2.75, 3.05) is 39.6 Å². The fraction of sp³-hybridized carbons (Fsp3) is 0.941. The van der Waals surface area contributed by atoms with Gasteiger partial charge >= 0.3 is 0 Å². The maximum Gasteiger partial charge on any atom is 0.217 e.